The molecule has 0 aliphatic carbocycles. The van der Waals surface area contributed by atoms with Gasteiger partial charge in [0.15, 0.2) is 19.0 Å². The lowest BCUT2D eigenvalue weighted by Crippen LogP contribution is -2.19. The van der Waals surface area contributed by atoms with E-state index in [1.54, 1.807) is 36.4 Å². The Balaban J connectivity index is 1.50. The van der Waals surface area contributed by atoms with E-state index in [0.29, 0.717) is 16.3 Å². The molecule has 0 saturated carbocycles. The SMILES string of the molecule is O=C(COc1ccccc1Cl)OCC(=O)c1ccc(-c2ccccc2)cc1. The standard InChI is InChI=1S/C22H17ClO4/c23-19-8-4-5-9-21(19)26-15-22(25)27-14-20(24)18-12-10-17(11-13-18)16-6-2-1-3-7-16/h1-13H,14-15H2. The lowest BCUT2D eigenvalue weighted by atomic mass is 10.0. The number of para-hydroxylation sites is 1. The average Bonchev–Trinajstić information content (AvgIpc) is 2.72. The van der Waals surface area contributed by atoms with E-state index in [0.717, 1.165) is 11.1 Å². The van der Waals surface area contributed by atoms with Crippen molar-refractivity contribution in [2.75, 3.05) is 13.2 Å². The van der Waals surface area contributed by atoms with E-state index in [-0.39, 0.29) is 19.0 Å². The molecule has 4 nitrogen and oxygen atoms in total. The highest BCUT2D eigenvalue weighted by Crippen LogP contribution is 2.23. The van der Waals surface area contributed by atoms with Gasteiger partial charge in [-0.1, -0.05) is 78.3 Å². The molecule has 3 aromatic carbocycles. The molecule has 136 valence electrons. The van der Waals surface area contributed by atoms with Gasteiger partial charge in [0.05, 0.1) is 5.02 Å². The van der Waals surface area contributed by atoms with Gasteiger partial charge < -0.3 is 9.47 Å². The molecule has 3 rings (SSSR count). The van der Waals surface area contributed by atoms with E-state index < -0.39 is 5.97 Å². The summed E-state index contributed by atoms with van der Waals surface area (Å²) in [6.07, 6.45) is 0. The van der Waals surface area contributed by atoms with Gasteiger partial charge in [-0.3, -0.25) is 4.79 Å². The summed E-state index contributed by atoms with van der Waals surface area (Å²) in [7, 11) is 0. The second-order valence-electron chi connectivity index (χ2n) is 5.75. The van der Waals surface area contributed by atoms with Crippen molar-refractivity contribution in [3.05, 3.63) is 89.4 Å². The number of ketones is 1. The second kappa shape index (κ2) is 9.01. The van der Waals surface area contributed by atoms with Crippen molar-refractivity contribution in [3.63, 3.8) is 0 Å². The van der Waals surface area contributed by atoms with Crippen LogP contribution in [0.25, 0.3) is 11.1 Å². The van der Waals surface area contributed by atoms with Crippen LogP contribution >= 0.6 is 11.6 Å². The zero-order chi connectivity index (χ0) is 19.1. The highest BCUT2D eigenvalue weighted by atomic mass is 35.5. The Hall–Kier alpha value is -3.11. The maximum atomic E-state index is 12.2. The molecule has 0 N–H and O–H groups in total. The number of ether oxygens (including phenoxy) is 2. The van der Waals surface area contributed by atoms with Gasteiger partial charge in [-0.15, -0.1) is 0 Å². The Bertz CT molecular complexity index is 921. The molecule has 0 unspecified atom stereocenters. The quantitative estimate of drug-likeness (QED) is 0.436. The van der Waals surface area contributed by atoms with Crippen molar-refractivity contribution in [2.24, 2.45) is 0 Å². The van der Waals surface area contributed by atoms with Crippen molar-refractivity contribution in [1.82, 2.24) is 0 Å². The van der Waals surface area contributed by atoms with Gasteiger partial charge in [0.25, 0.3) is 0 Å². The van der Waals surface area contributed by atoms with Crippen LogP contribution in [0, 0.1) is 0 Å². The third-order valence-electron chi connectivity index (χ3n) is 3.86. The molecule has 0 atom stereocenters. The smallest absolute Gasteiger partial charge is 0.344 e. The fraction of sp³-hybridized carbons (Fsp3) is 0.0909. The Morgan fingerprint density at radius 2 is 1.37 bits per heavy atom. The number of rotatable bonds is 7. The van der Waals surface area contributed by atoms with Crippen LogP contribution in [-0.2, 0) is 9.53 Å². The van der Waals surface area contributed by atoms with Crippen LogP contribution in [-0.4, -0.2) is 25.0 Å². The normalized spacial score (nSPS) is 10.3. The van der Waals surface area contributed by atoms with Crippen LogP contribution in [0.5, 0.6) is 5.75 Å². The van der Waals surface area contributed by atoms with Gasteiger partial charge in [-0.05, 0) is 23.3 Å². The summed E-state index contributed by atoms with van der Waals surface area (Å²) in [5.74, 6) is -0.524. The van der Waals surface area contributed by atoms with E-state index in [4.69, 9.17) is 21.1 Å². The molecule has 27 heavy (non-hydrogen) atoms. The van der Waals surface area contributed by atoms with Gasteiger partial charge in [0, 0.05) is 5.56 Å². The summed E-state index contributed by atoms with van der Waals surface area (Å²) in [6, 6.07) is 23.8. The molecule has 0 spiro atoms. The molecular weight excluding hydrogens is 364 g/mol. The van der Waals surface area contributed by atoms with Crippen molar-refractivity contribution in [3.8, 4) is 16.9 Å². The Kier molecular flexibility index (Phi) is 6.23. The minimum Gasteiger partial charge on any atom is -0.480 e. The first kappa shape index (κ1) is 18.7. The molecule has 0 aromatic heterocycles. The average molecular weight is 381 g/mol. The highest BCUT2D eigenvalue weighted by molar-refractivity contribution is 6.32. The summed E-state index contributed by atoms with van der Waals surface area (Å²) in [6.45, 7) is -0.653. The second-order valence-corrected chi connectivity index (χ2v) is 6.15. The number of esters is 1. The van der Waals surface area contributed by atoms with E-state index in [9.17, 15) is 9.59 Å². The van der Waals surface area contributed by atoms with E-state index in [1.165, 1.54) is 0 Å². The molecule has 0 saturated heterocycles. The predicted octanol–water partition coefficient (Wildman–Crippen LogP) is 4.81. The molecule has 0 fully saturated rings. The first-order valence-electron chi connectivity index (χ1n) is 8.35. The van der Waals surface area contributed by atoms with E-state index >= 15 is 0 Å². The van der Waals surface area contributed by atoms with Gasteiger partial charge in [-0.25, -0.2) is 4.79 Å². The highest BCUT2D eigenvalue weighted by Gasteiger charge is 2.11. The summed E-state index contributed by atoms with van der Waals surface area (Å²) in [5, 5.41) is 0.403. The third kappa shape index (κ3) is 5.19. The Morgan fingerprint density at radius 3 is 2.07 bits per heavy atom. The van der Waals surface area contributed by atoms with Crippen molar-refractivity contribution >= 4 is 23.4 Å². The number of hydrogen-bond donors (Lipinski definition) is 0. The van der Waals surface area contributed by atoms with Gasteiger partial charge >= 0.3 is 5.97 Å². The van der Waals surface area contributed by atoms with Gasteiger partial charge in [-0.2, -0.15) is 0 Å². The van der Waals surface area contributed by atoms with Crippen molar-refractivity contribution in [2.45, 2.75) is 0 Å². The lowest BCUT2D eigenvalue weighted by Gasteiger charge is -2.08. The van der Waals surface area contributed by atoms with Crippen LogP contribution in [0.2, 0.25) is 5.02 Å². The largest absolute Gasteiger partial charge is 0.480 e. The minimum atomic E-state index is -0.635. The van der Waals surface area contributed by atoms with Crippen LogP contribution < -0.4 is 4.74 Å². The fourth-order valence-electron chi connectivity index (χ4n) is 2.45. The molecule has 0 aliphatic heterocycles. The Morgan fingerprint density at radius 1 is 0.741 bits per heavy atom. The number of halogens is 1. The number of benzene rings is 3. The molecule has 0 heterocycles. The molecule has 5 heteroatoms. The molecule has 0 radical (unpaired) electrons. The number of carbonyl (C=O) groups excluding carboxylic acids is 2. The predicted molar refractivity (Wildman–Crippen MR) is 104 cm³/mol. The van der Waals surface area contributed by atoms with Crippen LogP contribution in [0.15, 0.2) is 78.9 Å². The molecular formula is C22H17ClO4. The summed E-state index contributed by atoms with van der Waals surface area (Å²) < 4.78 is 10.3. The first-order chi connectivity index (χ1) is 13.1. The molecule has 0 bridgehead atoms. The van der Waals surface area contributed by atoms with Gasteiger partial charge in [0.2, 0.25) is 0 Å². The number of hydrogen-bond acceptors (Lipinski definition) is 4. The molecule has 3 aromatic rings. The lowest BCUT2D eigenvalue weighted by molar-refractivity contribution is -0.144. The number of Topliss-reactive ketones (excluding diaryl/α,β-unsaturated/α-hetero) is 1. The Labute approximate surface area is 162 Å². The summed E-state index contributed by atoms with van der Waals surface area (Å²) in [5.41, 5.74) is 2.56. The summed E-state index contributed by atoms with van der Waals surface area (Å²) >= 11 is 5.94. The fourth-order valence-corrected chi connectivity index (χ4v) is 2.64. The number of carbonyl (C=O) groups is 2. The van der Waals surface area contributed by atoms with Crippen LogP contribution in [0.3, 0.4) is 0 Å². The monoisotopic (exact) mass is 380 g/mol. The van der Waals surface area contributed by atoms with Crippen molar-refractivity contribution < 1.29 is 19.1 Å². The van der Waals surface area contributed by atoms with E-state index in [2.05, 4.69) is 0 Å². The zero-order valence-corrected chi connectivity index (χ0v) is 15.2. The van der Waals surface area contributed by atoms with Crippen molar-refractivity contribution in [1.29, 1.82) is 0 Å². The third-order valence-corrected chi connectivity index (χ3v) is 4.17. The maximum absolute atomic E-state index is 12.2. The topological polar surface area (TPSA) is 52.6 Å². The van der Waals surface area contributed by atoms with Gasteiger partial charge in [0.1, 0.15) is 5.75 Å². The molecule has 0 aliphatic rings. The first-order valence-corrected chi connectivity index (χ1v) is 8.73. The minimum absolute atomic E-state index is 0.277. The zero-order valence-electron chi connectivity index (χ0n) is 14.4. The van der Waals surface area contributed by atoms with Crippen LogP contribution in [0.4, 0.5) is 0 Å². The molecule has 0 amide bonds. The van der Waals surface area contributed by atoms with Crippen LogP contribution in [0.1, 0.15) is 10.4 Å². The summed E-state index contributed by atoms with van der Waals surface area (Å²) in [4.78, 5) is 23.9. The maximum Gasteiger partial charge on any atom is 0.344 e. The van der Waals surface area contributed by atoms with E-state index in [1.807, 2.05) is 42.5 Å².